The zero-order chi connectivity index (χ0) is 12.6. The van der Waals surface area contributed by atoms with Crippen LogP contribution in [0, 0.1) is 0 Å². The van der Waals surface area contributed by atoms with Crippen molar-refractivity contribution in [3.63, 3.8) is 0 Å². The van der Waals surface area contributed by atoms with Crippen LogP contribution in [0.3, 0.4) is 0 Å². The summed E-state index contributed by atoms with van der Waals surface area (Å²) < 4.78 is 27.2. The van der Waals surface area contributed by atoms with Gasteiger partial charge < -0.3 is 9.88 Å². The largest absolute Gasteiger partial charge is 0.353 e. The van der Waals surface area contributed by atoms with Crippen LogP contribution in [-0.4, -0.2) is 47.3 Å². The lowest BCUT2D eigenvalue weighted by Gasteiger charge is -2.30. The van der Waals surface area contributed by atoms with Gasteiger partial charge in [0.1, 0.15) is 6.04 Å². The van der Waals surface area contributed by atoms with Gasteiger partial charge in [0, 0.05) is 26.3 Å². The van der Waals surface area contributed by atoms with Crippen molar-refractivity contribution in [3.8, 4) is 0 Å². The summed E-state index contributed by atoms with van der Waals surface area (Å²) in [6.07, 6.45) is 2.84. The van der Waals surface area contributed by atoms with Crippen LogP contribution in [0.25, 0.3) is 0 Å². The molecule has 17 heavy (non-hydrogen) atoms. The number of amides is 1. The fourth-order valence-electron chi connectivity index (χ4n) is 1.73. The molecule has 1 unspecified atom stereocenters. The molecule has 1 fully saturated rings. The fraction of sp³-hybridized carbons (Fsp3) is 0.556. The molecule has 1 saturated heterocycles. The van der Waals surface area contributed by atoms with Crippen molar-refractivity contribution in [3.05, 3.63) is 12.5 Å². The number of carbonyl (C=O) groups excluding carboxylic acids is 1. The standard InChI is InChI=1S/C9H14N4O3S/c1-7-9(14)10-3-4-13(7)17(15,16)8-5-12(2)6-11-8/h5-7H,3-4H2,1-2H3,(H,10,14). The van der Waals surface area contributed by atoms with Gasteiger partial charge in [0.25, 0.3) is 10.0 Å². The summed E-state index contributed by atoms with van der Waals surface area (Å²) in [6, 6.07) is -0.698. The van der Waals surface area contributed by atoms with Crippen molar-refractivity contribution in [1.29, 1.82) is 0 Å². The average molecular weight is 258 g/mol. The molecule has 7 nitrogen and oxygen atoms in total. The van der Waals surface area contributed by atoms with E-state index in [0.717, 1.165) is 0 Å². The van der Waals surface area contributed by atoms with Crippen LogP contribution < -0.4 is 5.32 Å². The van der Waals surface area contributed by atoms with E-state index < -0.39 is 16.1 Å². The summed E-state index contributed by atoms with van der Waals surface area (Å²) >= 11 is 0. The first-order valence-electron chi connectivity index (χ1n) is 5.20. The highest BCUT2D eigenvalue weighted by atomic mass is 32.2. The summed E-state index contributed by atoms with van der Waals surface area (Å²) in [6.45, 7) is 2.16. The van der Waals surface area contributed by atoms with Gasteiger partial charge in [-0.1, -0.05) is 0 Å². The normalized spacial score (nSPS) is 22.5. The first-order valence-corrected chi connectivity index (χ1v) is 6.64. The lowest BCUT2D eigenvalue weighted by molar-refractivity contribution is -0.126. The molecule has 1 aliphatic rings. The molecule has 1 aromatic heterocycles. The van der Waals surface area contributed by atoms with Crippen LogP contribution in [0.1, 0.15) is 6.92 Å². The number of aromatic nitrogens is 2. The molecule has 0 aliphatic carbocycles. The second-order valence-electron chi connectivity index (χ2n) is 3.96. The highest BCUT2D eigenvalue weighted by molar-refractivity contribution is 7.89. The lowest BCUT2D eigenvalue weighted by Crippen LogP contribution is -2.55. The second kappa shape index (κ2) is 4.11. The molecule has 1 N–H and O–H groups in total. The van der Waals surface area contributed by atoms with Gasteiger partial charge in [0.15, 0.2) is 5.03 Å². The number of sulfonamides is 1. The van der Waals surface area contributed by atoms with Crippen LogP contribution in [0.5, 0.6) is 0 Å². The Morgan fingerprint density at radius 1 is 1.53 bits per heavy atom. The Kier molecular flexibility index (Phi) is 2.92. The molecule has 1 aliphatic heterocycles. The fourth-order valence-corrected chi connectivity index (χ4v) is 3.30. The minimum absolute atomic E-state index is 0.0263. The Labute approximate surface area is 99.5 Å². The number of imidazole rings is 1. The molecule has 0 aromatic carbocycles. The summed E-state index contributed by atoms with van der Waals surface area (Å²) in [7, 11) is -1.99. The number of rotatable bonds is 2. The maximum atomic E-state index is 12.2. The first-order chi connectivity index (χ1) is 7.93. The highest BCUT2D eigenvalue weighted by Gasteiger charge is 2.36. The van der Waals surface area contributed by atoms with Gasteiger partial charge >= 0.3 is 0 Å². The van der Waals surface area contributed by atoms with Crippen molar-refractivity contribution in [1.82, 2.24) is 19.2 Å². The Bertz CT molecular complexity index is 536. The number of carbonyl (C=O) groups is 1. The van der Waals surface area contributed by atoms with E-state index in [1.165, 1.54) is 16.8 Å². The molecule has 1 aromatic rings. The Balaban J connectivity index is 2.35. The molecular formula is C9H14N4O3S. The SMILES string of the molecule is CC1C(=O)NCCN1S(=O)(=O)c1cn(C)cn1. The zero-order valence-electron chi connectivity index (χ0n) is 9.62. The molecule has 94 valence electrons. The average Bonchev–Trinajstić information content (AvgIpc) is 2.69. The number of hydrogen-bond acceptors (Lipinski definition) is 4. The quantitative estimate of drug-likeness (QED) is 0.732. The van der Waals surface area contributed by atoms with E-state index in [1.54, 1.807) is 18.5 Å². The smallest absolute Gasteiger partial charge is 0.262 e. The van der Waals surface area contributed by atoms with Gasteiger partial charge in [-0.15, -0.1) is 0 Å². The number of nitrogens with one attached hydrogen (secondary N) is 1. The van der Waals surface area contributed by atoms with E-state index >= 15 is 0 Å². The predicted molar refractivity (Wildman–Crippen MR) is 59.6 cm³/mol. The van der Waals surface area contributed by atoms with Crippen molar-refractivity contribution in [2.75, 3.05) is 13.1 Å². The second-order valence-corrected chi connectivity index (χ2v) is 5.80. The van der Waals surface area contributed by atoms with Crippen LogP contribution in [0.2, 0.25) is 0 Å². The number of aryl methyl sites for hydroxylation is 1. The number of piperazine rings is 1. The molecule has 0 spiro atoms. The van der Waals surface area contributed by atoms with Gasteiger partial charge in [0.2, 0.25) is 5.91 Å². The highest BCUT2D eigenvalue weighted by Crippen LogP contribution is 2.17. The topological polar surface area (TPSA) is 84.3 Å². The van der Waals surface area contributed by atoms with Gasteiger partial charge in [-0.25, -0.2) is 13.4 Å². The van der Waals surface area contributed by atoms with E-state index in [1.807, 2.05) is 0 Å². The monoisotopic (exact) mass is 258 g/mol. The third-order valence-electron chi connectivity index (χ3n) is 2.70. The van der Waals surface area contributed by atoms with E-state index in [-0.39, 0.29) is 17.5 Å². The van der Waals surface area contributed by atoms with Crippen LogP contribution >= 0.6 is 0 Å². The molecule has 1 atom stereocenters. The molecular weight excluding hydrogens is 244 g/mol. The molecule has 2 heterocycles. The van der Waals surface area contributed by atoms with Crippen LogP contribution in [-0.2, 0) is 21.9 Å². The Hall–Kier alpha value is -1.41. The van der Waals surface area contributed by atoms with Crippen molar-refractivity contribution in [2.24, 2.45) is 7.05 Å². The maximum Gasteiger partial charge on any atom is 0.262 e. The van der Waals surface area contributed by atoms with Crippen LogP contribution in [0.15, 0.2) is 17.6 Å². The van der Waals surface area contributed by atoms with E-state index in [9.17, 15) is 13.2 Å². The molecule has 8 heteroatoms. The Morgan fingerprint density at radius 2 is 2.24 bits per heavy atom. The minimum atomic E-state index is -3.68. The van der Waals surface area contributed by atoms with Gasteiger partial charge in [-0.3, -0.25) is 4.79 Å². The zero-order valence-corrected chi connectivity index (χ0v) is 10.4. The summed E-state index contributed by atoms with van der Waals surface area (Å²) in [5.74, 6) is -0.282. The molecule has 0 saturated carbocycles. The number of hydrogen-bond donors (Lipinski definition) is 1. The van der Waals surface area contributed by atoms with Gasteiger partial charge in [-0.2, -0.15) is 4.31 Å². The van der Waals surface area contributed by atoms with E-state index in [0.29, 0.717) is 6.54 Å². The third-order valence-corrected chi connectivity index (χ3v) is 4.55. The Morgan fingerprint density at radius 3 is 2.82 bits per heavy atom. The first kappa shape index (κ1) is 12.1. The number of nitrogens with zero attached hydrogens (tertiary/aromatic N) is 3. The van der Waals surface area contributed by atoms with Crippen molar-refractivity contribution in [2.45, 2.75) is 18.0 Å². The van der Waals surface area contributed by atoms with Crippen molar-refractivity contribution < 1.29 is 13.2 Å². The third kappa shape index (κ3) is 2.05. The molecule has 0 bridgehead atoms. The lowest BCUT2D eigenvalue weighted by atomic mass is 10.2. The predicted octanol–water partition coefficient (Wildman–Crippen LogP) is -1.07. The summed E-state index contributed by atoms with van der Waals surface area (Å²) in [5, 5.41) is 2.59. The minimum Gasteiger partial charge on any atom is -0.353 e. The maximum absolute atomic E-state index is 12.2. The summed E-state index contributed by atoms with van der Waals surface area (Å²) in [4.78, 5) is 15.3. The molecule has 2 rings (SSSR count). The van der Waals surface area contributed by atoms with E-state index in [2.05, 4.69) is 10.3 Å². The van der Waals surface area contributed by atoms with Crippen molar-refractivity contribution >= 4 is 15.9 Å². The summed E-state index contributed by atoms with van der Waals surface area (Å²) in [5.41, 5.74) is 0. The molecule has 0 radical (unpaired) electrons. The molecule has 1 amide bonds. The van der Waals surface area contributed by atoms with Gasteiger partial charge in [-0.05, 0) is 6.92 Å². The van der Waals surface area contributed by atoms with Gasteiger partial charge in [0.05, 0.1) is 6.33 Å². The van der Waals surface area contributed by atoms with E-state index in [4.69, 9.17) is 0 Å². The van der Waals surface area contributed by atoms with Crippen LogP contribution in [0.4, 0.5) is 0 Å².